The van der Waals surface area contributed by atoms with Gasteiger partial charge in [-0.3, -0.25) is 14.9 Å². The summed E-state index contributed by atoms with van der Waals surface area (Å²) >= 11 is 0. The third-order valence-electron chi connectivity index (χ3n) is 4.10. The second-order valence-electron chi connectivity index (χ2n) is 5.73. The summed E-state index contributed by atoms with van der Waals surface area (Å²) in [6.45, 7) is 1.05. The molecule has 3 rings (SSSR count). The molecule has 6 nitrogen and oxygen atoms in total. The van der Waals surface area contributed by atoms with Crippen LogP contribution in [0, 0.1) is 10.1 Å². The number of non-ortho nitro benzene ring substituents is 1. The summed E-state index contributed by atoms with van der Waals surface area (Å²) in [5.41, 5.74) is 2.37. The van der Waals surface area contributed by atoms with Crippen molar-refractivity contribution in [2.45, 2.75) is 6.42 Å². The summed E-state index contributed by atoms with van der Waals surface area (Å²) in [5, 5.41) is 10.8. The highest BCUT2D eigenvalue weighted by Gasteiger charge is 2.18. The van der Waals surface area contributed by atoms with Crippen LogP contribution in [0.15, 0.2) is 60.7 Å². The molecule has 0 saturated carbocycles. The first-order chi connectivity index (χ1) is 12.1. The number of carbonyl (C=O) groups excluding carboxylic acids is 1. The van der Waals surface area contributed by atoms with E-state index < -0.39 is 4.92 Å². The number of nitrogens with zero attached hydrogens (tertiary/aromatic N) is 2. The van der Waals surface area contributed by atoms with E-state index in [0.29, 0.717) is 18.8 Å². The molecule has 2 aromatic rings. The van der Waals surface area contributed by atoms with Gasteiger partial charge in [0.2, 0.25) is 0 Å². The van der Waals surface area contributed by atoms with Crippen molar-refractivity contribution in [3.63, 3.8) is 0 Å². The Labute approximate surface area is 145 Å². The molecule has 128 valence electrons. The van der Waals surface area contributed by atoms with Crippen molar-refractivity contribution in [3.05, 3.63) is 76.4 Å². The minimum absolute atomic E-state index is 0.0571. The van der Waals surface area contributed by atoms with Crippen LogP contribution in [-0.2, 0) is 4.79 Å². The molecule has 0 saturated heterocycles. The second kappa shape index (κ2) is 7.61. The van der Waals surface area contributed by atoms with Crippen LogP contribution in [0.3, 0.4) is 0 Å². The van der Waals surface area contributed by atoms with Gasteiger partial charge < -0.3 is 9.64 Å². The molecule has 1 aliphatic heterocycles. The third kappa shape index (κ3) is 4.23. The molecule has 0 atom stereocenters. The fraction of sp³-hybridized carbons (Fsp3) is 0.211. The van der Waals surface area contributed by atoms with Crippen LogP contribution in [0.1, 0.15) is 12.0 Å². The number of ether oxygens (including phenoxy) is 1. The van der Waals surface area contributed by atoms with E-state index in [2.05, 4.69) is 18.2 Å². The largest absolute Gasteiger partial charge is 0.484 e. The van der Waals surface area contributed by atoms with Crippen molar-refractivity contribution in [3.8, 4) is 5.75 Å². The summed E-state index contributed by atoms with van der Waals surface area (Å²) in [4.78, 5) is 24.3. The maximum absolute atomic E-state index is 12.3. The Bertz CT molecular complexity index is 802. The predicted molar refractivity (Wildman–Crippen MR) is 94.2 cm³/mol. The summed E-state index contributed by atoms with van der Waals surface area (Å²) < 4.78 is 5.41. The predicted octanol–water partition coefficient (Wildman–Crippen LogP) is 3.29. The molecule has 0 spiro atoms. The lowest BCUT2D eigenvalue weighted by atomic mass is 10.00. The Morgan fingerprint density at radius 1 is 1.16 bits per heavy atom. The van der Waals surface area contributed by atoms with E-state index in [1.165, 1.54) is 29.3 Å². The molecule has 0 bridgehead atoms. The van der Waals surface area contributed by atoms with Gasteiger partial charge in [-0.15, -0.1) is 0 Å². The zero-order valence-corrected chi connectivity index (χ0v) is 13.6. The van der Waals surface area contributed by atoms with Gasteiger partial charge in [0, 0.05) is 19.2 Å². The van der Waals surface area contributed by atoms with Crippen LogP contribution in [0.4, 0.5) is 5.69 Å². The van der Waals surface area contributed by atoms with Gasteiger partial charge >= 0.3 is 0 Å². The van der Waals surface area contributed by atoms with Crippen molar-refractivity contribution >= 4 is 17.2 Å². The number of amides is 1. The topological polar surface area (TPSA) is 72.7 Å². The molecular formula is C19H18N2O4. The summed E-state index contributed by atoms with van der Waals surface area (Å²) in [6, 6.07) is 15.9. The number of carbonyl (C=O) groups is 1. The normalized spacial score (nSPS) is 13.9. The Balaban J connectivity index is 1.55. The van der Waals surface area contributed by atoms with Crippen molar-refractivity contribution in [1.82, 2.24) is 4.90 Å². The molecule has 6 heteroatoms. The van der Waals surface area contributed by atoms with E-state index in [1.807, 2.05) is 18.2 Å². The molecule has 2 aromatic carbocycles. The van der Waals surface area contributed by atoms with E-state index in [4.69, 9.17) is 4.74 Å². The highest BCUT2D eigenvalue weighted by atomic mass is 16.6. The molecule has 25 heavy (non-hydrogen) atoms. The SMILES string of the molecule is O=C(COc1cccc([N+](=O)[O-])c1)N1CC=C(c2ccccc2)CC1. The molecule has 0 fully saturated rings. The molecule has 1 amide bonds. The molecule has 0 unspecified atom stereocenters. The number of nitro benzene ring substituents is 1. The van der Waals surface area contributed by atoms with Crippen molar-refractivity contribution in [1.29, 1.82) is 0 Å². The molecule has 0 N–H and O–H groups in total. The number of hydrogen-bond donors (Lipinski definition) is 0. The van der Waals surface area contributed by atoms with Crippen molar-refractivity contribution in [2.24, 2.45) is 0 Å². The highest BCUT2D eigenvalue weighted by Crippen LogP contribution is 2.22. The first kappa shape index (κ1) is 16.7. The fourth-order valence-corrected chi connectivity index (χ4v) is 2.73. The van der Waals surface area contributed by atoms with Crippen LogP contribution in [-0.4, -0.2) is 35.4 Å². The molecule has 0 radical (unpaired) electrons. The van der Waals surface area contributed by atoms with Crippen LogP contribution in [0.2, 0.25) is 0 Å². The average molecular weight is 338 g/mol. The van der Waals surface area contributed by atoms with Crippen molar-refractivity contribution < 1.29 is 14.5 Å². The zero-order chi connectivity index (χ0) is 17.6. The van der Waals surface area contributed by atoms with Gasteiger partial charge in [0.05, 0.1) is 11.0 Å². The van der Waals surface area contributed by atoms with Gasteiger partial charge in [0.25, 0.3) is 11.6 Å². The summed E-state index contributed by atoms with van der Waals surface area (Å²) in [7, 11) is 0. The second-order valence-corrected chi connectivity index (χ2v) is 5.73. The number of rotatable bonds is 5. The Morgan fingerprint density at radius 2 is 1.96 bits per heavy atom. The van der Waals surface area contributed by atoms with Gasteiger partial charge in [-0.05, 0) is 23.6 Å². The maximum atomic E-state index is 12.3. The smallest absolute Gasteiger partial charge is 0.273 e. The molecular weight excluding hydrogens is 320 g/mol. The lowest BCUT2D eigenvalue weighted by Crippen LogP contribution is -2.37. The lowest BCUT2D eigenvalue weighted by molar-refractivity contribution is -0.384. The molecule has 0 aliphatic carbocycles. The minimum atomic E-state index is -0.491. The summed E-state index contributed by atoms with van der Waals surface area (Å²) in [5.74, 6) is 0.190. The minimum Gasteiger partial charge on any atom is -0.484 e. The molecule has 1 heterocycles. The number of nitro groups is 1. The van der Waals surface area contributed by atoms with Gasteiger partial charge in [-0.2, -0.15) is 0 Å². The zero-order valence-electron chi connectivity index (χ0n) is 13.6. The molecule has 0 aromatic heterocycles. The molecule has 1 aliphatic rings. The quantitative estimate of drug-likeness (QED) is 0.619. The van der Waals surface area contributed by atoms with Crippen LogP contribution in [0.25, 0.3) is 5.57 Å². The van der Waals surface area contributed by atoms with E-state index in [0.717, 1.165) is 6.42 Å². The standard InChI is InChI=1S/C19H18N2O4/c22-19(14-25-18-8-4-7-17(13-18)21(23)24)20-11-9-16(10-12-20)15-5-2-1-3-6-15/h1-9,13H,10-12,14H2. The van der Waals surface area contributed by atoms with Gasteiger partial charge in [-0.1, -0.05) is 42.5 Å². The van der Waals surface area contributed by atoms with Crippen LogP contribution in [0.5, 0.6) is 5.75 Å². The first-order valence-corrected chi connectivity index (χ1v) is 8.03. The highest BCUT2D eigenvalue weighted by molar-refractivity contribution is 5.79. The van der Waals surface area contributed by atoms with Gasteiger partial charge in [-0.25, -0.2) is 0 Å². The van der Waals surface area contributed by atoms with E-state index in [-0.39, 0.29) is 18.2 Å². The van der Waals surface area contributed by atoms with E-state index in [1.54, 1.807) is 11.0 Å². The maximum Gasteiger partial charge on any atom is 0.273 e. The Morgan fingerprint density at radius 3 is 2.64 bits per heavy atom. The lowest BCUT2D eigenvalue weighted by Gasteiger charge is -2.26. The van der Waals surface area contributed by atoms with Crippen LogP contribution < -0.4 is 4.74 Å². The third-order valence-corrected chi connectivity index (χ3v) is 4.10. The van der Waals surface area contributed by atoms with Gasteiger partial charge in [0.1, 0.15) is 5.75 Å². The van der Waals surface area contributed by atoms with E-state index in [9.17, 15) is 14.9 Å². The average Bonchev–Trinajstić information content (AvgIpc) is 2.67. The number of benzene rings is 2. The Kier molecular flexibility index (Phi) is 5.09. The van der Waals surface area contributed by atoms with Crippen molar-refractivity contribution in [2.75, 3.05) is 19.7 Å². The number of hydrogen-bond acceptors (Lipinski definition) is 4. The first-order valence-electron chi connectivity index (χ1n) is 8.03. The Hall–Kier alpha value is -3.15. The van der Waals surface area contributed by atoms with Gasteiger partial charge in [0.15, 0.2) is 6.61 Å². The monoisotopic (exact) mass is 338 g/mol. The van der Waals surface area contributed by atoms with E-state index >= 15 is 0 Å². The summed E-state index contributed by atoms with van der Waals surface area (Å²) in [6.07, 6.45) is 2.86. The fourth-order valence-electron chi connectivity index (χ4n) is 2.73. The van der Waals surface area contributed by atoms with Crippen LogP contribution >= 0.6 is 0 Å².